The third-order valence-electron chi connectivity index (χ3n) is 3.33. The highest BCUT2D eigenvalue weighted by Crippen LogP contribution is 2.25. The number of ether oxygens (including phenoxy) is 1. The largest absolute Gasteiger partial charge is 0.423 e. The van der Waals surface area contributed by atoms with Crippen LogP contribution in [-0.2, 0) is 0 Å². The number of benzene rings is 2. The fourth-order valence-electron chi connectivity index (χ4n) is 2.01. The zero-order chi connectivity index (χ0) is 15.6. The van der Waals surface area contributed by atoms with Gasteiger partial charge in [0, 0.05) is 5.56 Å². The summed E-state index contributed by atoms with van der Waals surface area (Å²) in [5.41, 5.74) is 2.23. The van der Waals surface area contributed by atoms with Gasteiger partial charge in [-0.05, 0) is 50.1 Å². The van der Waals surface area contributed by atoms with Gasteiger partial charge in [-0.25, -0.2) is 4.79 Å². The van der Waals surface area contributed by atoms with Crippen LogP contribution in [0.25, 0.3) is 0 Å². The second-order valence-electron chi connectivity index (χ2n) is 4.86. The van der Waals surface area contributed by atoms with Gasteiger partial charge in [0.15, 0.2) is 0 Å². The Hall–Kier alpha value is -2.69. The van der Waals surface area contributed by atoms with Gasteiger partial charge in [0.25, 0.3) is 5.69 Å². The molecule has 0 unspecified atom stereocenters. The van der Waals surface area contributed by atoms with Crippen LogP contribution in [0.3, 0.4) is 0 Å². The molecule has 0 fully saturated rings. The summed E-state index contributed by atoms with van der Waals surface area (Å²) in [6, 6.07) is 9.82. The molecule has 0 aliphatic rings. The Bertz CT molecular complexity index is 722. The SMILES string of the molecule is Cc1ccc(OC(=O)c2cccc(C)c2[N+](=O)[O-])cc1C. The molecule has 2 rings (SSSR count). The fraction of sp³-hybridized carbons (Fsp3) is 0.188. The van der Waals surface area contributed by atoms with Gasteiger partial charge in [-0.3, -0.25) is 10.1 Å². The molecule has 0 aromatic heterocycles. The van der Waals surface area contributed by atoms with Crippen molar-refractivity contribution in [3.05, 3.63) is 68.8 Å². The van der Waals surface area contributed by atoms with Gasteiger partial charge in [-0.2, -0.15) is 0 Å². The van der Waals surface area contributed by atoms with Crippen LogP contribution in [0.5, 0.6) is 5.75 Å². The highest BCUT2D eigenvalue weighted by molar-refractivity contribution is 5.95. The predicted octanol–water partition coefficient (Wildman–Crippen LogP) is 3.74. The maximum absolute atomic E-state index is 12.2. The van der Waals surface area contributed by atoms with E-state index in [2.05, 4.69) is 0 Å². The van der Waals surface area contributed by atoms with Crippen LogP contribution in [0.2, 0.25) is 0 Å². The first-order valence-corrected chi connectivity index (χ1v) is 6.43. The van der Waals surface area contributed by atoms with E-state index in [9.17, 15) is 14.9 Å². The summed E-state index contributed by atoms with van der Waals surface area (Å²) >= 11 is 0. The standard InChI is InChI=1S/C16H15NO4/c1-10-7-8-13(9-12(10)3)21-16(18)14-6-4-5-11(2)15(14)17(19)20/h4-9H,1-3H3. The zero-order valence-electron chi connectivity index (χ0n) is 12.0. The van der Waals surface area contributed by atoms with Gasteiger partial charge >= 0.3 is 5.97 Å². The van der Waals surface area contributed by atoms with E-state index < -0.39 is 10.9 Å². The number of nitro groups is 1. The lowest BCUT2D eigenvalue weighted by Gasteiger charge is -2.08. The summed E-state index contributed by atoms with van der Waals surface area (Å²) in [4.78, 5) is 22.7. The molecule has 0 saturated carbocycles. The van der Waals surface area contributed by atoms with Gasteiger partial charge < -0.3 is 4.74 Å². The first-order valence-electron chi connectivity index (χ1n) is 6.43. The predicted molar refractivity (Wildman–Crippen MR) is 78.7 cm³/mol. The first kappa shape index (κ1) is 14.7. The van der Waals surface area contributed by atoms with E-state index in [1.165, 1.54) is 6.07 Å². The minimum atomic E-state index is -0.728. The topological polar surface area (TPSA) is 69.4 Å². The number of aryl methyl sites for hydroxylation is 3. The minimum Gasteiger partial charge on any atom is -0.423 e. The van der Waals surface area contributed by atoms with Crippen LogP contribution < -0.4 is 4.74 Å². The zero-order valence-corrected chi connectivity index (χ0v) is 12.0. The van der Waals surface area contributed by atoms with Crippen molar-refractivity contribution in [3.63, 3.8) is 0 Å². The smallest absolute Gasteiger partial charge is 0.350 e. The van der Waals surface area contributed by atoms with E-state index in [-0.39, 0.29) is 11.3 Å². The van der Waals surface area contributed by atoms with Crippen LogP contribution in [0, 0.1) is 30.9 Å². The number of hydrogen-bond acceptors (Lipinski definition) is 4. The minimum absolute atomic E-state index is 0.0433. The number of esters is 1. The number of para-hydroxylation sites is 1. The van der Waals surface area contributed by atoms with Crippen LogP contribution in [0.15, 0.2) is 36.4 Å². The van der Waals surface area contributed by atoms with Crippen LogP contribution in [-0.4, -0.2) is 10.9 Å². The molecule has 0 aliphatic heterocycles. The summed E-state index contributed by atoms with van der Waals surface area (Å²) in [6.07, 6.45) is 0. The quantitative estimate of drug-likeness (QED) is 0.373. The number of nitro benzene ring substituents is 1. The molecule has 0 aliphatic carbocycles. The van der Waals surface area contributed by atoms with Crippen molar-refractivity contribution < 1.29 is 14.5 Å². The lowest BCUT2D eigenvalue weighted by atomic mass is 10.1. The lowest BCUT2D eigenvalue weighted by Crippen LogP contribution is -2.12. The molecule has 108 valence electrons. The Morgan fingerprint density at radius 3 is 2.38 bits per heavy atom. The van der Waals surface area contributed by atoms with Gasteiger partial charge in [0.05, 0.1) is 4.92 Å². The Morgan fingerprint density at radius 1 is 1.05 bits per heavy atom. The van der Waals surface area contributed by atoms with Crippen molar-refractivity contribution in [2.24, 2.45) is 0 Å². The molecular weight excluding hydrogens is 270 g/mol. The average molecular weight is 285 g/mol. The van der Waals surface area contributed by atoms with Crippen molar-refractivity contribution in [2.75, 3.05) is 0 Å². The fourth-order valence-corrected chi connectivity index (χ4v) is 2.01. The van der Waals surface area contributed by atoms with Gasteiger partial charge in [0.2, 0.25) is 0 Å². The molecule has 2 aromatic carbocycles. The molecule has 0 atom stereocenters. The molecule has 2 aromatic rings. The number of rotatable bonds is 3. The normalized spacial score (nSPS) is 10.2. The van der Waals surface area contributed by atoms with E-state index in [1.807, 2.05) is 19.9 Å². The Morgan fingerprint density at radius 2 is 1.76 bits per heavy atom. The van der Waals surface area contributed by atoms with E-state index in [0.29, 0.717) is 11.3 Å². The molecule has 21 heavy (non-hydrogen) atoms. The van der Waals surface area contributed by atoms with Crippen LogP contribution >= 0.6 is 0 Å². The molecule has 0 saturated heterocycles. The summed E-state index contributed by atoms with van der Waals surface area (Å²) in [5, 5.41) is 11.1. The molecular formula is C16H15NO4. The number of nitrogens with zero attached hydrogens (tertiary/aromatic N) is 1. The first-order chi connectivity index (χ1) is 9.90. The Labute approximate surface area is 122 Å². The second-order valence-corrected chi connectivity index (χ2v) is 4.86. The summed E-state index contributed by atoms with van der Waals surface area (Å²) in [5.74, 6) is -0.354. The molecule has 0 radical (unpaired) electrons. The van der Waals surface area contributed by atoms with E-state index in [1.54, 1.807) is 31.2 Å². The van der Waals surface area contributed by atoms with Crippen LogP contribution in [0.1, 0.15) is 27.0 Å². The van der Waals surface area contributed by atoms with Gasteiger partial charge in [0.1, 0.15) is 11.3 Å². The highest BCUT2D eigenvalue weighted by atomic mass is 16.6. The number of carbonyl (C=O) groups is 1. The average Bonchev–Trinajstić information content (AvgIpc) is 2.42. The molecule has 5 heteroatoms. The van der Waals surface area contributed by atoms with Gasteiger partial charge in [-0.1, -0.05) is 18.2 Å². The molecule has 0 spiro atoms. The molecule has 0 bridgehead atoms. The summed E-state index contributed by atoms with van der Waals surface area (Å²) in [7, 11) is 0. The van der Waals surface area contributed by atoms with E-state index in [0.717, 1.165) is 11.1 Å². The number of carbonyl (C=O) groups excluding carboxylic acids is 1. The van der Waals surface area contributed by atoms with Crippen molar-refractivity contribution >= 4 is 11.7 Å². The Kier molecular flexibility index (Phi) is 4.03. The van der Waals surface area contributed by atoms with E-state index >= 15 is 0 Å². The third-order valence-corrected chi connectivity index (χ3v) is 3.33. The second kappa shape index (κ2) is 5.75. The summed E-state index contributed by atoms with van der Waals surface area (Å²) < 4.78 is 5.24. The van der Waals surface area contributed by atoms with Crippen molar-refractivity contribution in [3.8, 4) is 5.75 Å². The van der Waals surface area contributed by atoms with Crippen molar-refractivity contribution in [2.45, 2.75) is 20.8 Å². The molecule has 0 N–H and O–H groups in total. The maximum atomic E-state index is 12.2. The lowest BCUT2D eigenvalue weighted by molar-refractivity contribution is -0.385. The Balaban J connectivity index is 2.35. The van der Waals surface area contributed by atoms with Crippen molar-refractivity contribution in [1.82, 2.24) is 0 Å². The summed E-state index contributed by atoms with van der Waals surface area (Å²) in [6.45, 7) is 5.44. The van der Waals surface area contributed by atoms with Crippen molar-refractivity contribution in [1.29, 1.82) is 0 Å². The van der Waals surface area contributed by atoms with Gasteiger partial charge in [-0.15, -0.1) is 0 Å². The molecule has 0 heterocycles. The van der Waals surface area contributed by atoms with Crippen LogP contribution in [0.4, 0.5) is 5.69 Å². The number of hydrogen-bond donors (Lipinski definition) is 0. The monoisotopic (exact) mass is 285 g/mol. The van der Waals surface area contributed by atoms with E-state index in [4.69, 9.17) is 4.74 Å². The maximum Gasteiger partial charge on any atom is 0.350 e. The third kappa shape index (κ3) is 3.08. The highest BCUT2D eigenvalue weighted by Gasteiger charge is 2.24. The molecule has 5 nitrogen and oxygen atoms in total. The molecule has 0 amide bonds.